The number of nitrogens with zero attached hydrogens (tertiary/aromatic N) is 1. The standard InChI is InChI=1S/C8H15F2N.C2H6/c1-7-3-5-11(2)6-4-8(7,9)10;1-2/h7H,3-6H2,1-2H3;1-2H3. The smallest absolute Gasteiger partial charge is 0.251 e. The lowest BCUT2D eigenvalue weighted by molar-refractivity contribution is -0.0543. The Balaban J connectivity index is 0.000000671. The Morgan fingerprint density at radius 1 is 1.23 bits per heavy atom. The topological polar surface area (TPSA) is 3.24 Å². The van der Waals surface area contributed by atoms with Crippen LogP contribution >= 0.6 is 0 Å². The predicted molar refractivity (Wildman–Crippen MR) is 52.2 cm³/mol. The molecule has 1 rings (SSSR count). The maximum atomic E-state index is 13.0. The van der Waals surface area contributed by atoms with E-state index in [4.69, 9.17) is 0 Å². The molecule has 1 atom stereocenters. The second-order valence-electron chi connectivity index (χ2n) is 3.50. The van der Waals surface area contributed by atoms with Crippen LogP contribution in [-0.4, -0.2) is 31.0 Å². The third-order valence-electron chi connectivity index (χ3n) is 2.49. The minimum atomic E-state index is -2.44. The molecular weight excluding hydrogens is 172 g/mol. The fraction of sp³-hybridized carbons (Fsp3) is 1.00. The van der Waals surface area contributed by atoms with Gasteiger partial charge in [-0.2, -0.15) is 0 Å². The molecule has 0 aromatic carbocycles. The lowest BCUT2D eigenvalue weighted by Gasteiger charge is -2.19. The van der Waals surface area contributed by atoms with Crippen molar-refractivity contribution in [3.63, 3.8) is 0 Å². The Kier molecular flexibility index (Phi) is 5.45. The zero-order valence-corrected chi connectivity index (χ0v) is 9.11. The number of alkyl halides is 2. The van der Waals surface area contributed by atoms with Crippen molar-refractivity contribution in [3.05, 3.63) is 0 Å². The normalized spacial score (nSPS) is 28.6. The fourth-order valence-electron chi connectivity index (χ4n) is 1.32. The number of halogens is 2. The van der Waals surface area contributed by atoms with Crippen LogP contribution in [0.5, 0.6) is 0 Å². The van der Waals surface area contributed by atoms with Crippen molar-refractivity contribution in [2.24, 2.45) is 5.92 Å². The Bertz CT molecular complexity index is 137. The van der Waals surface area contributed by atoms with E-state index in [0.717, 1.165) is 6.54 Å². The summed E-state index contributed by atoms with van der Waals surface area (Å²) < 4.78 is 26.0. The summed E-state index contributed by atoms with van der Waals surface area (Å²) in [7, 11) is 1.90. The first-order valence-corrected chi connectivity index (χ1v) is 5.09. The summed E-state index contributed by atoms with van der Waals surface area (Å²) in [6.07, 6.45) is 0.633. The number of hydrogen-bond acceptors (Lipinski definition) is 1. The van der Waals surface area contributed by atoms with E-state index in [9.17, 15) is 8.78 Å². The average Bonchev–Trinajstić information content (AvgIpc) is 2.23. The minimum Gasteiger partial charge on any atom is -0.306 e. The van der Waals surface area contributed by atoms with Gasteiger partial charge in [-0.25, -0.2) is 8.78 Å². The lowest BCUT2D eigenvalue weighted by atomic mass is 9.99. The quantitative estimate of drug-likeness (QED) is 0.571. The van der Waals surface area contributed by atoms with Gasteiger partial charge in [-0.05, 0) is 20.0 Å². The SMILES string of the molecule is CC.CC1CCN(C)CCC1(F)F. The maximum absolute atomic E-state index is 13.0. The van der Waals surface area contributed by atoms with E-state index in [0.29, 0.717) is 13.0 Å². The molecule has 1 aliphatic rings. The second-order valence-corrected chi connectivity index (χ2v) is 3.50. The van der Waals surface area contributed by atoms with Crippen LogP contribution in [0, 0.1) is 5.92 Å². The summed E-state index contributed by atoms with van der Waals surface area (Å²) in [5.41, 5.74) is 0. The second kappa shape index (κ2) is 5.53. The van der Waals surface area contributed by atoms with Crippen molar-refractivity contribution in [2.75, 3.05) is 20.1 Å². The van der Waals surface area contributed by atoms with Crippen molar-refractivity contribution < 1.29 is 8.78 Å². The Hall–Kier alpha value is -0.180. The zero-order chi connectivity index (χ0) is 10.5. The van der Waals surface area contributed by atoms with Gasteiger partial charge in [0.2, 0.25) is 0 Å². The minimum absolute atomic E-state index is 0.0185. The third kappa shape index (κ3) is 4.03. The molecule has 1 aliphatic heterocycles. The van der Waals surface area contributed by atoms with Gasteiger partial charge in [-0.3, -0.25) is 0 Å². The molecule has 1 fully saturated rings. The number of likely N-dealkylation sites (tertiary alicyclic amines) is 1. The molecule has 0 amide bonds. The van der Waals surface area contributed by atoms with Gasteiger partial charge in [-0.1, -0.05) is 20.8 Å². The van der Waals surface area contributed by atoms with Crippen molar-refractivity contribution in [3.8, 4) is 0 Å². The Labute approximate surface area is 80.1 Å². The van der Waals surface area contributed by atoms with Gasteiger partial charge in [0.1, 0.15) is 0 Å². The van der Waals surface area contributed by atoms with Gasteiger partial charge in [0, 0.05) is 18.9 Å². The summed E-state index contributed by atoms with van der Waals surface area (Å²) in [6.45, 7) is 6.97. The van der Waals surface area contributed by atoms with Crippen LogP contribution < -0.4 is 0 Å². The molecule has 0 N–H and O–H groups in total. The summed E-state index contributed by atoms with van der Waals surface area (Å²) in [4.78, 5) is 1.97. The Morgan fingerprint density at radius 2 is 1.77 bits per heavy atom. The molecule has 1 heterocycles. The van der Waals surface area contributed by atoms with Gasteiger partial charge in [0.15, 0.2) is 0 Å². The zero-order valence-electron chi connectivity index (χ0n) is 9.11. The molecule has 1 saturated heterocycles. The molecule has 80 valence electrons. The van der Waals surface area contributed by atoms with Crippen molar-refractivity contribution >= 4 is 0 Å². The molecule has 0 aromatic heterocycles. The van der Waals surface area contributed by atoms with Crippen molar-refractivity contribution in [1.29, 1.82) is 0 Å². The highest BCUT2D eigenvalue weighted by atomic mass is 19.3. The summed E-state index contributed by atoms with van der Waals surface area (Å²) >= 11 is 0. The van der Waals surface area contributed by atoms with Gasteiger partial charge in [0.25, 0.3) is 5.92 Å². The first-order chi connectivity index (χ1) is 6.02. The monoisotopic (exact) mass is 193 g/mol. The van der Waals surface area contributed by atoms with E-state index in [1.54, 1.807) is 6.92 Å². The maximum Gasteiger partial charge on any atom is 0.251 e. The lowest BCUT2D eigenvalue weighted by Crippen LogP contribution is -2.25. The van der Waals surface area contributed by atoms with Gasteiger partial charge in [-0.15, -0.1) is 0 Å². The molecule has 1 nitrogen and oxygen atoms in total. The van der Waals surface area contributed by atoms with Crippen LogP contribution in [0.4, 0.5) is 8.78 Å². The fourth-order valence-corrected chi connectivity index (χ4v) is 1.32. The van der Waals surface area contributed by atoms with E-state index >= 15 is 0 Å². The van der Waals surface area contributed by atoms with Crippen molar-refractivity contribution in [1.82, 2.24) is 4.90 Å². The Morgan fingerprint density at radius 3 is 2.31 bits per heavy atom. The molecule has 13 heavy (non-hydrogen) atoms. The molecule has 0 radical (unpaired) electrons. The highest BCUT2D eigenvalue weighted by molar-refractivity contribution is 4.79. The van der Waals surface area contributed by atoms with Crippen molar-refractivity contribution in [2.45, 2.75) is 39.5 Å². The molecule has 3 heteroatoms. The van der Waals surface area contributed by atoms with Crippen LogP contribution in [0.3, 0.4) is 0 Å². The summed E-state index contributed by atoms with van der Waals surface area (Å²) in [5.74, 6) is -2.89. The third-order valence-corrected chi connectivity index (χ3v) is 2.49. The molecule has 0 bridgehead atoms. The first-order valence-electron chi connectivity index (χ1n) is 5.09. The van der Waals surface area contributed by atoms with Gasteiger partial charge < -0.3 is 4.90 Å². The van der Waals surface area contributed by atoms with Gasteiger partial charge >= 0.3 is 0 Å². The number of hydrogen-bond donors (Lipinski definition) is 0. The molecule has 1 unspecified atom stereocenters. The summed E-state index contributed by atoms with van der Waals surface area (Å²) in [6, 6.07) is 0. The molecule has 0 spiro atoms. The van der Waals surface area contributed by atoms with E-state index in [2.05, 4.69) is 0 Å². The molecular formula is C10H21F2N. The van der Waals surface area contributed by atoms with Crippen LogP contribution in [0.2, 0.25) is 0 Å². The van der Waals surface area contributed by atoms with Crippen LogP contribution in [0.1, 0.15) is 33.6 Å². The van der Waals surface area contributed by atoms with Crippen LogP contribution in [0.15, 0.2) is 0 Å². The largest absolute Gasteiger partial charge is 0.306 e. The van der Waals surface area contributed by atoms with Gasteiger partial charge in [0.05, 0.1) is 0 Å². The predicted octanol–water partition coefficient (Wildman–Crippen LogP) is 3.01. The number of rotatable bonds is 0. The first kappa shape index (κ1) is 12.8. The van der Waals surface area contributed by atoms with Crippen LogP contribution in [-0.2, 0) is 0 Å². The van der Waals surface area contributed by atoms with E-state index in [1.165, 1.54) is 0 Å². The van der Waals surface area contributed by atoms with E-state index in [1.807, 2.05) is 25.8 Å². The highest BCUT2D eigenvalue weighted by Gasteiger charge is 2.37. The van der Waals surface area contributed by atoms with E-state index < -0.39 is 11.8 Å². The molecule has 0 aliphatic carbocycles. The molecule has 0 saturated carbocycles. The molecule has 0 aromatic rings. The van der Waals surface area contributed by atoms with Crippen LogP contribution in [0.25, 0.3) is 0 Å². The average molecular weight is 193 g/mol. The summed E-state index contributed by atoms with van der Waals surface area (Å²) in [5, 5.41) is 0. The van der Waals surface area contributed by atoms with E-state index in [-0.39, 0.29) is 6.42 Å². The highest BCUT2D eigenvalue weighted by Crippen LogP contribution is 2.32.